The van der Waals surface area contributed by atoms with E-state index in [9.17, 15) is 0 Å². The van der Waals surface area contributed by atoms with Gasteiger partial charge in [-0.1, -0.05) is 18.2 Å². The number of hydrogen-bond acceptors (Lipinski definition) is 3. The molecule has 1 atom stereocenters. The maximum atomic E-state index is 8.44. The average molecular weight is 197 g/mol. The molecule has 4 heteroatoms. The van der Waals surface area contributed by atoms with E-state index in [-0.39, 0.29) is 0 Å². The molecule has 3 nitrogen and oxygen atoms in total. The summed E-state index contributed by atoms with van der Waals surface area (Å²) in [5.74, 6) is 0.739. The Morgan fingerprint density at radius 2 is 2.38 bits per heavy atom. The van der Waals surface area contributed by atoms with E-state index in [0.29, 0.717) is 6.04 Å². The van der Waals surface area contributed by atoms with E-state index in [0.717, 1.165) is 11.1 Å². The first-order valence-corrected chi connectivity index (χ1v) is 5.77. The van der Waals surface area contributed by atoms with Crippen molar-refractivity contribution < 1.29 is 0 Å². The summed E-state index contributed by atoms with van der Waals surface area (Å²) in [6, 6.07) is 0.358. The smallest absolute Gasteiger partial charge is 0.183 e. The monoisotopic (exact) mass is 197 g/mol. The van der Waals surface area contributed by atoms with Crippen molar-refractivity contribution in [3.63, 3.8) is 0 Å². The summed E-state index contributed by atoms with van der Waals surface area (Å²) >= 11 is 1.49. The molecule has 1 N–H and O–H groups in total. The molecule has 1 saturated carbocycles. The summed E-state index contributed by atoms with van der Waals surface area (Å²) in [6.45, 7) is 2.12. The summed E-state index contributed by atoms with van der Waals surface area (Å²) in [6.07, 6.45) is 7.74. The molecule has 1 aliphatic rings. The Morgan fingerprint density at radius 3 is 2.77 bits per heavy atom. The van der Waals surface area contributed by atoms with E-state index >= 15 is 0 Å². The summed E-state index contributed by atoms with van der Waals surface area (Å²) in [7, 11) is 0. The Bertz CT molecular complexity index is 228. The zero-order valence-corrected chi connectivity index (χ0v) is 8.90. The summed E-state index contributed by atoms with van der Waals surface area (Å²) in [5, 5.41) is 11.8. The molecule has 1 unspecified atom stereocenters. The summed E-state index contributed by atoms with van der Waals surface area (Å²) in [4.78, 5) is 4.45. The van der Waals surface area contributed by atoms with Crippen LogP contribution in [0.3, 0.4) is 0 Å². The molecule has 0 saturated heterocycles. The lowest BCUT2D eigenvalue weighted by atomic mass is 9.81. The molecule has 0 spiro atoms. The normalized spacial score (nSPS) is 20.2. The van der Waals surface area contributed by atoms with Crippen LogP contribution in [0.2, 0.25) is 0 Å². The third-order valence-corrected chi connectivity index (χ3v) is 3.10. The first-order chi connectivity index (χ1) is 6.27. The molecule has 0 radical (unpaired) electrons. The van der Waals surface area contributed by atoms with Crippen LogP contribution in [0, 0.1) is 17.4 Å². The van der Waals surface area contributed by atoms with E-state index in [2.05, 4.69) is 17.2 Å². The van der Waals surface area contributed by atoms with Gasteiger partial charge in [-0.05, 0) is 31.9 Å². The number of hydrogen-bond donors (Lipinski definition) is 1. The quantitative estimate of drug-likeness (QED) is 0.318. The molecule has 0 amide bonds. The van der Waals surface area contributed by atoms with Gasteiger partial charge in [-0.25, -0.2) is 0 Å². The summed E-state index contributed by atoms with van der Waals surface area (Å²) in [5.41, 5.74) is 0. The van der Waals surface area contributed by atoms with Crippen molar-refractivity contribution in [1.29, 1.82) is 5.26 Å². The number of rotatable bonds is 2. The van der Waals surface area contributed by atoms with E-state index in [1.54, 1.807) is 0 Å². The van der Waals surface area contributed by atoms with Crippen molar-refractivity contribution in [1.82, 2.24) is 5.32 Å². The number of nitriles is 1. The third kappa shape index (κ3) is 2.92. The lowest BCUT2D eigenvalue weighted by Gasteiger charge is -2.29. The van der Waals surface area contributed by atoms with E-state index in [4.69, 9.17) is 5.26 Å². The molecule has 1 fully saturated rings. The fraction of sp³-hybridized carbons (Fsp3) is 0.778. The second-order valence-electron chi connectivity index (χ2n) is 3.31. The highest BCUT2D eigenvalue weighted by Crippen LogP contribution is 2.31. The van der Waals surface area contributed by atoms with E-state index in [1.165, 1.54) is 31.0 Å². The highest BCUT2D eigenvalue weighted by molar-refractivity contribution is 8.13. The van der Waals surface area contributed by atoms with Gasteiger partial charge in [-0.2, -0.15) is 5.26 Å². The van der Waals surface area contributed by atoms with Gasteiger partial charge in [0.25, 0.3) is 0 Å². The second kappa shape index (κ2) is 5.13. The third-order valence-electron chi connectivity index (χ3n) is 2.51. The highest BCUT2D eigenvalue weighted by atomic mass is 32.2. The van der Waals surface area contributed by atoms with Crippen LogP contribution in [0.1, 0.15) is 26.2 Å². The largest absolute Gasteiger partial charge is 0.272 e. The van der Waals surface area contributed by atoms with Gasteiger partial charge in [0.05, 0.1) is 6.04 Å². The number of aliphatic imine (C=N–C) groups is 1. The van der Waals surface area contributed by atoms with Gasteiger partial charge in [0.15, 0.2) is 11.4 Å². The van der Waals surface area contributed by atoms with Gasteiger partial charge in [0.2, 0.25) is 0 Å². The Balaban J connectivity index is 2.45. The fourth-order valence-electron chi connectivity index (χ4n) is 1.40. The van der Waals surface area contributed by atoms with Crippen molar-refractivity contribution in [2.75, 3.05) is 6.26 Å². The lowest BCUT2D eigenvalue weighted by Crippen LogP contribution is -2.25. The Morgan fingerprint density at radius 1 is 1.69 bits per heavy atom. The molecule has 0 heterocycles. The maximum absolute atomic E-state index is 8.44. The summed E-state index contributed by atoms with van der Waals surface area (Å²) < 4.78 is 0. The van der Waals surface area contributed by atoms with Crippen LogP contribution in [0.4, 0.5) is 0 Å². The molecule has 0 aromatic rings. The zero-order chi connectivity index (χ0) is 9.68. The topological polar surface area (TPSA) is 48.2 Å². The molecule has 0 aromatic heterocycles. The first kappa shape index (κ1) is 10.4. The van der Waals surface area contributed by atoms with Gasteiger partial charge in [0, 0.05) is 0 Å². The van der Waals surface area contributed by atoms with E-state index < -0.39 is 0 Å². The minimum absolute atomic E-state index is 0.358. The SMILES string of the molecule is CSC(=NC(C)C1CCC1)NC#N. The van der Waals surface area contributed by atoms with Crippen LogP contribution in [0.5, 0.6) is 0 Å². The Hall–Kier alpha value is -0.690. The first-order valence-electron chi connectivity index (χ1n) is 4.54. The zero-order valence-electron chi connectivity index (χ0n) is 8.08. The van der Waals surface area contributed by atoms with Crippen LogP contribution < -0.4 is 5.32 Å². The highest BCUT2D eigenvalue weighted by Gasteiger charge is 2.23. The van der Waals surface area contributed by atoms with E-state index in [1.807, 2.05) is 12.4 Å². The van der Waals surface area contributed by atoms with Gasteiger partial charge in [0.1, 0.15) is 0 Å². The predicted molar refractivity (Wildman–Crippen MR) is 56.5 cm³/mol. The van der Waals surface area contributed by atoms with Gasteiger partial charge < -0.3 is 0 Å². The van der Waals surface area contributed by atoms with Crippen LogP contribution in [-0.4, -0.2) is 17.5 Å². The molecule has 0 bridgehead atoms. The molecular weight excluding hydrogens is 182 g/mol. The number of nitrogens with one attached hydrogen (secondary N) is 1. The minimum Gasteiger partial charge on any atom is -0.272 e. The van der Waals surface area contributed by atoms with Crippen LogP contribution >= 0.6 is 11.8 Å². The lowest BCUT2D eigenvalue weighted by molar-refractivity contribution is 0.274. The van der Waals surface area contributed by atoms with Gasteiger partial charge in [-0.15, -0.1) is 0 Å². The minimum atomic E-state index is 0.358. The fourth-order valence-corrected chi connectivity index (χ4v) is 1.82. The molecule has 0 aliphatic heterocycles. The Labute approximate surface area is 83.6 Å². The van der Waals surface area contributed by atoms with Crippen LogP contribution in [0.25, 0.3) is 0 Å². The van der Waals surface area contributed by atoms with Crippen LogP contribution in [-0.2, 0) is 0 Å². The molecule has 0 aromatic carbocycles. The van der Waals surface area contributed by atoms with Gasteiger partial charge >= 0.3 is 0 Å². The molecule has 1 rings (SSSR count). The molecule has 13 heavy (non-hydrogen) atoms. The standard InChI is InChI=1S/C9H15N3S/c1-7(8-4-3-5-8)12-9(13-2)11-6-10/h7-8H,3-5H2,1-2H3,(H,11,12). The maximum Gasteiger partial charge on any atom is 0.183 e. The van der Waals surface area contributed by atoms with Crippen molar-refractivity contribution in [2.24, 2.45) is 10.9 Å². The number of amidine groups is 1. The Kier molecular flexibility index (Phi) is 4.10. The van der Waals surface area contributed by atoms with Crippen molar-refractivity contribution in [3.05, 3.63) is 0 Å². The molecular formula is C9H15N3S. The number of nitrogens with zero attached hydrogens (tertiary/aromatic N) is 2. The number of thioether (sulfide) groups is 1. The van der Waals surface area contributed by atoms with Crippen molar-refractivity contribution >= 4 is 16.9 Å². The molecule has 72 valence electrons. The van der Waals surface area contributed by atoms with Gasteiger partial charge in [-0.3, -0.25) is 10.3 Å². The van der Waals surface area contributed by atoms with Crippen molar-refractivity contribution in [3.8, 4) is 6.19 Å². The van der Waals surface area contributed by atoms with Crippen LogP contribution in [0.15, 0.2) is 4.99 Å². The second-order valence-corrected chi connectivity index (χ2v) is 4.10. The predicted octanol–water partition coefficient (Wildman–Crippen LogP) is 1.96. The van der Waals surface area contributed by atoms with Crippen molar-refractivity contribution in [2.45, 2.75) is 32.2 Å². The average Bonchev–Trinajstić information content (AvgIpc) is 2.00. The molecule has 1 aliphatic carbocycles.